The van der Waals surface area contributed by atoms with Gasteiger partial charge in [-0.3, -0.25) is 19.2 Å². The largest absolute Gasteiger partial charge is 0.458 e. The van der Waals surface area contributed by atoms with Gasteiger partial charge in [-0.25, -0.2) is 0 Å². The van der Waals surface area contributed by atoms with E-state index in [0.29, 0.717) is 25.7 Å². The van der Waals surface area contributed by atoms with Crippen molar-refractivity contribution in [1.82, 2.24) is 0 Å². The van der Waals surface area contributed by atoms with Gasteiger partial charge in [0, 0.05) is 19.3 Å². The Kier molecular flexibility index (Phi) is 3.85. The number of carbonyl (C=O) groups is 4. The van der Waals surface area contributed by atoms with Crippen LogP contribution in [0.25, 0.3) is 0 Å². The summed E-state index contributed by atoms with van der Waals surface area (Å²) in [5, 5.41) is 0. The molecule has 4 rings (SSSR count). The van der Waals surface area contributed by atoms with Crippen molar-refractivity contribution in [1.29, 1.82) is 0 Å². The second-order valence-corrected chi connectivity index (χ2v) is 7.76. The van der Waals surface area contributed by atoms with E-state index in [0.717, 1.165) is 25.7 Å². The maximum absolute atomic E-state index is 12.5. The first-order valence-electron chi connectivity index (χ1n) is 9.13. The molecule has 1 atom stereocenters. The van der Waals surface area contributed by atoms with Gasteiger partial charge in [-0.1, -0.05) is 0 Å². The third-order valence-electron chi connectivity index (χ3n) is 5.98. The van der Waals surface area contributed by atoms with Gasteiger partial charge in [0.15, 0.2) is 11.7 Å². The average molecular weight is 350 g/mol. The molecule has 0 bridgehead atoms. The zero-order valence-corrected chi connectivity index (χ0v) is 14.1. The van der Waals surface area contributed by atoms with Crippen LogP contribution in [0.5, 0.6) is 0 Å². The maximum atomic E-state index is 12.5. The Morgan fingerprint density at radius 1 is 0.720 bits per heavy atom. The van der Waals surface area contributed by atoms with E-state index in [-0.39, 0.29) is 18.6 Å². The van der Waals surface area contributed by atoms with Gasteiger partial charge in [0.1, 0.15) is 11.5 Å². The molecule has 4 aliphatic rings. The minimum atomic E-state index is -1.23. The van der Waals surface area contributed by atoms with Gasteiger partial charge in [-0.05, 0) is 44.9 Å². The lowest BCUT2D eigenvalue weighted by Gasteiger charge is -2.38. The number of ketones is 1. The summed E-state index contributed by atoms with van der Waals surface area (Å²) in [7, 11) is 0. The number of rotatable bonds is 2. The molecular weight excluding hydrogens is 328 g/mol. The lowest BCUT2D eigenvalue weighted by atomic mass is 9.81. The number of hydrogen-bond donors (Lipinski definition) is 0. The first-order valence-corrected chi connectivity index (χ1v) is 9.13. The topological polar surface area (TPSA) is 96.0 Å². The Hall–Kier alpha value is -1.92. The Morgan fingerprint density at radius 3 is 1.80 bits per heavy atom. The van der Waals surface area contributed by atoms with Crippen molar-refractivity contribution in [3.8, 4) is 0 Å². The predicted molar refractivity (Wildman–Crippen MR) is 81.9 cm³/mol. The molecule has 0 N–H and O–H groups in total. The van der Waals surface area contributed by atoms with E-state index in [1.54, 1.807) is 0 Å². The van der Waals surface area contributed by atoms with Crippen molar-refractivity contribution in [3.05, 3.63) is 0 Å². The fourth-order valence-corrected chi connectivity index (χ4v) is 4.59. The van der Waals surface area contributed by atoms with Crippen LogP contribution in [-0.2, 0) is 33.4 Å². The van der Waals surface area contributed by atoms with Crippen molar-refractivity contribution in [3.63, 3.8) is 0 Å². The smallest absolute Gasteiger partial charge is 0.323 e. The molecule has 0 aromatic rings. The maximum Gasteiger partial charge on any atom is 0.323 e. The van der Waals surface area contributed by atoms with Crippen molar-refractivity contribution in [2.45, 2.75) is 75.6 Å². The minimum absolute atomic E-state index is 0.171. The second-order valence-electron chi connectivity index (χ2n) is 7.76. The molecule has 2 aliphatic carbocycles. The van der Waals surface area contributed by atoms with Crippen LogP contribution in [0.3, 0.4) is 0 Å². The highest BCUT2D eigenvalue weighted by Gasteiger charge is 2.54. The zero-order chi connectivity index (χ0) is 17.7. The Labute approximate surface area is 145 Å². The molecule has 0 aromatic heterocycles. The molecule has 2 saturated carbocycles. The van der Waals surface area contributed by atoms with Gasteiger partial charge >= 0.3 is 17.9 Å². The third-order valence-corrected chi connectivity index (χ3v) is 5.98. The lowest BCUT2D eigenvalue weighted by Crippen LogP contribution is -2.51. The van der Waals surface area contributed by atoms with Crippen LogP contribution in [0.15, 0.2) is 0 Å². The molecular formula is C18H22O7. The second kappa shape index (κ2) is 5.81. The van der Waals surface area contributed by atoms with Gasteiger partial charge in [0.05, 0.1) is 0 Å². The zero-order valence-electron chi connectivity index (χ0n) is 14.1. The number of carbonyl (C=O) groups excluding carboxylic acids is 4. The van der Waals surface area contributed by atoms with Gasteiger partial charge in [-0.2, -0.15) is 0 Å². The molecule has 0 aromatic carbocycles. The third kappa shape index (κ3) is 2.83. The van der Waals surface area contributed by atoms with Crippen molar-refractivity contribution >= 4 is 23.7 Å². The van der Waals surface area contributed by atoms with Gasteiger partial charge in [0.2, 0.25) is 0 Å². The average Bonchev–Trinajstić information content (AvgIpc) is 3.15. The van der Waals surface area contributed by atoms with Crippen LogP contribution in [0.1, 0.15) is 64.2 Å². The number of hydrogen-bond acceptors (Lipinski definition) is 7. The molecule has 7 nitrogen and oxygen atoms in total. The predicted octanol–water partition coefficient (Wildman–Crippen LogP) is 1.81. The quantitative estimate of drug-likeness (QED) is 0.553. The fourth-order valence-electron chi connectivity index (χ4n) is 4.59. The molecule has 2 aliphatic heterocycles. The van der Waals surface area contributed by atoms with E-state index in [1.807, 2.05) is 0 Å². The first-order chi connectivity index (χ1) is 11.9. The van der Waals surface area contributed by atoms with Crippen molar-refractivity contribution in [2.24, 2.45) is 11.8 Å². The van der Waals surface area contributed by atoms with Crippen LogP contribution in [-0.4, -0.2) is 35.1 Å². The van der Waals surface area contributed by atoms with Crippen LogP contribution in [0.2, 0.25) is 0 Å². The summed E-state index contributed by atoms with van der Waals surface area (Å²) >= 11 is 0. The van der Waals surface area contributed by atoms with E-state index in [4.69, 9.17) is 14.2 Å². The van der Waals surface area contributed by atoms with E-state index in [9.17, 15) is 19.2 Å². The molecule has 25 heavy (non-hydrogen) atoms. The van der Waals surface area contributed by atoms with Gasteiger partial charge < -0.3 is 14.2 Å². The molecule has 0 amide bonds. The number of ether oxygens (including phenoxy) is 3. The minimum Gasteiger partial charge on any atom is -0.458 e. The molecule has 1 unspecified atom stereocenters. The van der Waals surface area contributed by atoms with Crippen LogP contribution >= 0.6 is 0 Å². The SMILES string of the molecule is O=C1CC2(CCCC2)OC(=O)C1CC1C(=O)OC2(CCCC2)OC1=O. The Balaban J connectivity index is 1.45. The fraction of sp³-hybridized carbons (Fsp3) is 0.778. The normalized spacial score (nSPS) is 33.4. The summed E-state index contributed by atoms with van der Waals surface area (Å²) in [5.41, 5.74) is -0.661. The Morgan fingerprint density at radius 2 is 1.24 bits per heavy atom. The summed E-state index contributed by atoms with van der Waals surface area (Å²) in [6, 6.07) is 0. The standard InChI is InChI=1S/C18H22O7/c19-13-10-17(5-1-2-6-17)23-14(20)11(13)9-12-15(21)24-18(25-16(12)22)7-3-4-8-18/h11-12H,1-10H2. The van der Waals surface area contributed by atoms with Gasteiger partial charge in [0.25, 0.3) is 5.79 Å². The number of Topliss-reactive ketones (excluding diaryl/α,β-unsaturated/α-hetero) is 1. The van der Waals surface area contributed by atoms with E-state index in [2.05, 4.69) is 0 Å². The highest BCUT2D eigenvalue weighted by atomic mass is 16.7. The summed E-state index contributed by atoms with van der Waals surface area (Å²) in [6.07, 6.45) is 5.91. The number of esters is 3. The molecule has 4 fully saturated rings. The monoisotopic (exact) mass is 350 g/mol. The van der Waals surface area contributed by atoms with E-state index >= 15 is 0 Å². The molecule has 2 spiro atoms. The van der Waals surface area contributed by atoms with Crippen LogP contribution in [0, 0.1) is 11.8 Å². The van der Waals surface area contributed by atoms with E-state index in [1.165, 1.54) is 0 Å². The highest BCUT2D eigenvalue weighted by molar-refractivity contribution is 6.04. The van der Waals surface area contributed by atoms with Crippen LogP contribution < -0.4 is 0 Å². The lowest BCUT2D eigenvalue weighted by molar-refractivity contribution is -0.250. The summed E-state index contributed by atoms with van der Waals surface area (Å²) < 4.78 is 16.3. The molecule has 0 radical (unpaired) electrons. The molecule has 2 heterocycles. The van der Waals surface area contributed by atoms with Crippen molar-refractivity contribution < 1.29 is 33.4 Å². The van der Waals surface area contributed by atoms with E-state index < -0.39 is 41.1 Å². The van der Waals surface area contributed by atoms with Gasteiger partial charge in [-0.15, -0.1) is 0 Å². The highest BCUT2D eigenvalue weighted by Crippen LogP contribution is 2.43. The summed E-state index contributed by atoms with van der Waals surface area (Å²) in [6.45, 7) is 0. The summed E-state index contributed by atoms with van der Waals surface area (Å²) in [4.78, 5) is 49.5. The summed E-state index contributed by atoms with van der Waals surface area (Å²) in [5.74, 6) is -5.71. The molecule has 2 saturated heterocycles. The van der Waals surface area contributed by atoms with Crippen molar-refractivity contribution in [2.75, 3.05) is 0 Å². The Bertz CT molecular complexity index is 531. The molecule has 7 heteroatoms. The van der Waals surface area contributed by atoms with Crippen LogP contribution in [0.4, 0.5) is 0 Å². The first kappa shape index (κ1) is 16.5. The molecule has 136 valence electrons.